The molecule has 19 heavy (non-hydrogen) atoms. The Morgan fingerprint density at radius 2 is 2.21 bits per heavy atom. The highest BCUT2D eigenvalue weighted by Gasteiger charge is 2.13. The van der Waals surface area contributed by atoms with E-state index in [2.05, 4.69) is 5.32 Å². The van der Waals surface area contributed by atoms with Crippen molar-refractivity contribution >= 4 is 11.0 Å². The lowest BCUT2D eigenvalue weighted by Crippen LogP contribution is -2.33. The number of rotatable bonds is 3. The number of piperidine rings is 1. The highest BCUT2D eigenvalue weighted by Crippen LogP contribution is 2.20. The van der Waals surface area contributed by atoms with Crippen LogP contribution < -0.4 is 15.7 Å². The number of hydrogen-bond acceptors (Lipinski definition) is 4. The summed E-state index contributed by atoms with van der Waals surface area (Å²) in [7, 11) is 0. The first kappa shape index (κ1) is 12.2. The number of benzene rings is 1. The van der Waals surface area contributed by atoms with Gasteiger partial charge in [-0.25, -0.2) is 4.79 Å². The van der Waals surface area contributed by atoms with Gasteiger partial charge >= 0.3 is 5.63 Å². The number of ether oxygens (including phenoxy) is 1. The number of fused-ring (bicyclic) bond motifs is 1. The van der Waals surface area contributed by atoms with Crippen molar-refractivity contribution in [2.24, 2.45) is 5.92 Å². The summed E-state index contributed by atoms with van der Waals surface area (Å²) in [5, 5.41) is 4.28. The fourth-order valence-electron chi connectivity index (χ4n) is 2.41. The second-order valence-electron chi connectivity index (χ2n) is 4.98. The summed E-state index contributed by atoms with van der Waals surface area (Å²) < 4.78 is 10.9. The predicted molar refractivity (Wildman–Crippen MR) is 73.6 cm³/mol. The summed E-state index contributed by atoms with van der Waals surface area (Å²) in [6.07, 6.45) is 2.41. The Kier molecular flexibility index (Phi) is 3.51. The van der Waals surface area contributed by atoms with Gasteiger partial charge in [-0.3, -0.25) is 0 Å². The fourth-order valence-corrected chi connectivity index (χ4v) is 2.41. The highest BCUT2D eigenvalue weighted by molar-refractivity contribution is 5.77. The Morgan fingerprint density at radius 1 is 1.32 bits per heavy atom. The lowest BCUT2D eigenvalue weighted by molar-refractivity contribution is 0.218. The van der Waals surface area contributed by atoms with Crippen LogP contribution >= 0.6 is 0 Å². The van der Waals surface area contributed by atoms with Gasteiger partial charge in [-0.15, -0.1) is 0 Å². The van der Waals surface area contributed by atoms with Crippen LogP contribution in [-0.4, -0.2) is 19.7 Å². The Hall–Kier alpha value is -1.81. The van der Waals surface area contributed by atoms with Gasteiger partial charge in [0.05, 0.1) is 6.61 Å². The van der Waals surface area contributed by atoms with E-state index in [4.69, 9.17) is 9.15 Å². The first-order valence-corrected chi connectivity index (χ1v) is 6.69. The number of nitrogens with one attached hydrogen (secondary N) is 1. The van der Waals surface area contributed by atoms with Crippen LogP contribution in [0.3, 0.4) is 0 Å². The van der Waals surface area contributed by atoms with Crippen LogP contribution in [0.25, 0.3) is 11.0 Å². The van der Waals surface area contributed by atoms with Crippen molar-refractivity contribution in [2.75, 3.05) is 19.7 Å². The van der Waals surface area contributed by atoms with Crippen molar-refractivity contribution < 1.29 is 9.15 Å². The normalized spacial score (nSPS) is 19.5. The maximum Gasteiger partial charge on any atom is 0.336 e. The average molecular weight is 259 g/mol. The third-order valence-electron chi connectivity index (χ3n) is 3.48. The molecule has 2 aromatic rings. The van der Waals surface area contributed by atoms with E-state index in [-0.39, 0.29) is 5.63 Å². The molecule has 4 nitrogen and oxygen atoms in total. The van der Waals surface area contributed by atoms with Crippen LogP contribution in [0.15, 0.2) is 39.5 Å². The van der Waals surface area contributed by atoms with E-state index in [1.54, 1.807) is 12.1 Å². The molecule has 1 aromatic carbocycles. The predicted octanol–water partition coefficient (Wildman–Crippen LogP) is 2.17. The molecule has 3 rings (SSSR count). The molecule has 2 heterocycles. The first-order chi connectivity index (χ1) is 9.31. The van der Waals surface area contributed by atoms with Crippen LogP contribution in [0.5, 0.6) is 5.75 Å². The minimum Gasteiger partial charge on any atom is -0.493 e. The summed E-state index contributed by atoms with van der Waals surface area (Å²) in [6, 6.07) is 8.80. The SMILES string of the molecule is O=c1ccc2ccc(OC[C@@H]3CCCNC3)cc2o1. The minimum absolute atomic E-state index is 0.332. The van der Waals surface area contributed by atoms with Crippen molar-refractivity contribution in [3.8, 4) is 5.75 Å². The smallest absolute Gasteiger partial charge is 0.336 e. The quantitative estimate of drug-likeness (QED) is 0.858. The third kappa shape index (κ3) is 2.96. The zero-order valence-electron chi connectivity index (χ0n) is 10.7. The zero-order chi connectivity index (χ0) is 13.1. The molecule has 0 saturated carbocycles. The van der Waals surface area contributed by atoms with Crippen LogP contribution in [-0.2, 0) is 0 Å². The zero-order valence-corrected chi connectivity index (χ0v) is 10.7. The molecular formula is C15H17NO3. The Labute approximate surface area is 111 Å². The van der Waals surface area contributed by atoms with Gasteiger partial charge in [0.25, 0.3) is 0 Å². The third-order valence-corrected chi connectivity index (χ3v) is 3.48. The molecule has 0 aliphatic carbocycles. The molecule has 1 atom stereocenters. The standard InChI is InChI=1S/C15H17NO3/c17-15-6-4-12-3-5-13(8-14(12)19-15)18-10-11-2-1-7-16-9-11/h3-6,8,11,16H,1-2,7,9-10H2/t11-/m1/s1. The molecule has 1 aromatic heterocycles. The Balaban J connectivity index is 1.72. The maximum absolute atomic E-state index is 11.2. The van der Waals surface area contributed by atoms with E-state index in [1.165, 1.54) is 18.9 Å². The lowest BCUT2D eigenvalue weighted by atomic mass is 10.0. The second kappa shape index (κ2) is 5.45. The van der Waals surface area contributed by atoms with Gasteiger partial charge in [0.15, 0.2) is 0 Å². The molecule has 1 aliphatic heterocycles. The Bertz CT molecular complexity index is 614. The molecule has 0 bridgehead atoms. The van der Waals surface area contributed by atoms with Gasteiger partial charge in [-0.2, -0.15) is 0 Å². The second-order valence-corrected chi connectivity index (χ2v) is 4.98. The van der Waals surface area contributed by atoms with Crippen molar-refractivity contribution in [3.05, 3.63) is 40.8 Å². The van der Waals surface area contributed by atoms with Gasteiger partial charge in [-0.05, 0) is 37.6 Å². The summed E-state index contributed by atoms with van der Waals surface area (Å²) in [4.78, 5) is 11.2. The summed E-state index contributed by atoms with van der Waals surface area (Å²) >= 11 is 0. The van der Waals surface area contributed by atoms with Crippen LogP contribution in [0.2, 0.25) is 0 Å². The largest absolute Gasteiger partial charge is 0.493 e. The topological polar surface area (TPSA) is 51.5 Å². The van der Waals surface area contributed by atoms with Crippen LogP contribution in [0, 0.1) is 5.92 Å². The van der Waals surface area contributed by atoms with Crippen LogP contribution in [0.1, 0.15) is 12.8 Å². The maximum atomic E-state index is 11.2. The fraction of sp³-hybridized carbons (Fsp3) is 0.400. The number of hydrogen-bond donors (Lipinski definition) is 1. The van der Waals surface area contributed by atoms with E-state index in [1.807, 2.05) is 12.1 Å². The van der Waals surface area contributed by atoms with Gasteiger partial charge in [0, 0.05) is 30.0 Å². The summed E-state index contributed by atoms with van der Waals surface area (Å²) in [6.45, 7) is 2.83. The van der Waals surface area contributed by atoms with E-state index in [0.717, 1.165) is 24.2 Å². The molecule has 0 spiro atoms. The summed E-state index contributed by atoms with van der Waals surface area (Å²) in [5.74, 6) is 1.32. The molecule has 1 aliphatic rings. The molecule has 0 amide bonds. The highest BCUT2D eigenvalue weighted by atomic mass is 16.5. The molecule has 0 unspecified atom stereocenters. The van der Waals surface area contributed by atoms with Gasteiger partial charge in [-0.1, -0.05) is 0 Å². The van der Waals surface area contributed by atoms with E-state index in [0.29, 0.717) is 18.1 Å². The van der Waals surface area contributed by atoms with E-state index < -0.39 is 0 Å². The van der Waals surface area contributed by atoms with E-state index >= 15 is 0 Å². The molecule has 1 N–H and O–H groups in total. The monoisotopic (exact) mass is 259 g/mol. The van der Waals surface area contributed by atoms with Crippen molar-refractivity contribution in [1.82, 2.24) is 5.32 Å². The molecular weight excluding hydrogens is 242 g/mol. The lowest BCUT2D eigenvalue weighted by Gasteiger charge is -2.22. The van der Waals surface area contributed by atoms with E-state index in [9.17, 15) is 4.79 Å². The molecule has 4 heteroatoms. The van der Waals surface area contributed by atoms with Gasteiger partial charge in [0.2, 0.25) is 0 Å². The Morgan fingerprint density at radius 3 is 3.05 bits per heavy atom. The van der Waals surface area contributed by atoms with Crippen molar-refractivity contribution in [3.63, 3.8) is 0 Å². The van der Waals surface area contributed by atoms with Crippen LogP contribution in [0.4, 0.5) is 0 Å². The van der Waals surface area contributed by atoms with Gasteiger partial charge in [0.1, 0.15) is 11.3 Å². The molecule has 0 radical (unpaired) electrons. The minimum atomic E-state index is -0.332. The van der Waals surface area contributed by atoms with Crippen molar-refractivity contribution in [2.45, 2.75) is 12.8 Å². The summed E-state index contributed by atoms with van der Waals surface area (Å²) in [5.41, 5.74) is 0.243. The average Bonchev–Trinajstić information content (AvgIpc) is 2.46. The molecule has 1 saturated heterocycles. The first-order valence-electron chi connectivity index (χ1n) is 6.69. The molecule has 100 valence electrons. The molecule has 1 fully saturated rings. The van der Waals surface area contributed by atoms with Crippen molar-refractivity contribution in [1.29, 1.82) is 0 Å². The van der Waals surface area contributed by atoms with Gasteiger partial charge < -0.3 is 14.5 Å².